The van der Waals surface area contributed by atoms with E-state index in [1.807, 2.05) is 0 Å². The van der Waals surface area contributed by atoms with Crippen molar-refractivity contribution in [2.75, 3.05) is 12.3 Å². The molecule has 4 nitrogen and oxygen atoms in total. The summed E-state index contributed by atoms with van der Waals surface area (Å²) in [5.41, 5.74) is 4.78. The third-order valence-electron chi connectivity index (χ3n) is 0.376. The van der Waals surface area contributed by atoms with Crippen molar-refractivity contribution < 1.29 is 13.0 Å². The van der Waals surface area contributed by atoms with Crippen molar-refractivity contribution in [1.29, 1.82) is 0 Å². The molecule has 0 saturated carbocycles. The summed E-state index contributed by atoms with van der Waals surface area (Å²) in [6.07, 6.45) is 0. The first-order valence-corrected chi connectivity index (χ1v) is 6.32. The van der Waals surface area contributed by atoms with Crippen LogP contribution >= 0.6 is 0 Å². The third-order valence-corrected chi connectivity index (χ3v) is 1.13. The zero-order valence-electron chi connectivity index (χ0n) is 5.66. The van der Waals surface area contributed by atoms with E-state index in [0.717, 1.165) is 0 Å². The van der Waals surface area contributed by atoms with Gasteiger partial charge in [-0.2, -0.15) is 8.42 Å². The van der Waals surface area contributed by atoms with Gasteiger partial charge in [-0.15, -0.1) is 0 Å². The summed E-state index contributed by atoms with van der Waals surface area (Å²) in [6, 6.07) is 0. The van der Waals surface area contributed by atoms with Gasteiger partial charge in [-0.05, 0) is 0 Å². The van der Waals surface area contributed by atoms with E-state index in [1.165, 1.54) is 27.9 Å². The molecule has 0 aliphatic carbocycles. The Kier molecular flexibility index (Phi) is 9.73. The van der Waals surface area contributed by atoms with E-state index in [4.69, 9.17) is 10.3 Å². The summed E-state index contributed by atoms with van der Waals surface area (Å²) in [5, 5.41) is 0. The van der Waals surface area contributed by atoms with Gasteiger partial charge in [0.2, 0.25) is 0 Å². The Morgan fingerprint density at radius 2 is 1.89 bits per heavy atom. The van der Waals surface area contributed by atoms with Gasteiger partial charge in [0.1, 0.15) is 0 Å². The van der Waals surface area contributed by atoms with Gasteiger partial charge in [0, 0.05) is 6.54 Å². The molecule has 3 N–H and O–H groups in total. The molecule has 0 aromatic heterocycles. The standard InChI is InChI=1S/C2H7NO3S.CH3.Na/c3-1-2-7(4,5)6;;/h1-3H2,(H,4,5,6);1H3;. The molecule has 0 atom stereocenters. The Morgan fingerprint density at radius 3 is 1.89 bits per heavy atom. The zero-order valence-corrected chi connectivity index (χ0v) is 8.48. The van der Waals surface area contributed by atoms with Crippen LogP contribution in [0.4, 0.5) is 0 Å². The molecule has 0 aliphatic rings. The molecule has 0 aromatic carbocycles. The summed E-state index contributed by atoms with van der Waals surface area (Å²) in [5.74, 6) is -0.354. The Labute approximate surface area is 73.0 Å². The number of hydrogen-bond donors (Lipinski definition) is 2. The molecule has 0 aromatic rings. The average molecular weight is 163 g/mol. The maximum absolute atomic E-state index is 9.71. The van der Waals surface area contributed by atoms with E-state index >= 15 is 0 Å². The molecule has 0 heterocycles. The number of nitrogens with two attached hydrogens (primary N) is 1. The predicted molar refractivity (Wildman–Crippen MR) is 37.1 cm³/mol. The van der Waals surface area contributed by atoms with Gasteiger partial charge in [-0.3, -0.25) is 4.55 Å². The van der Waals surface area contributed by atoms with E-state index in [9.17, 15) is 8.42 Å². The van der Waals surface area contributed by atoms with Gasteiger partial charge in [0.15, 0.2) is 0 Å². The van der Waals surface area contributed by atoms with Gasteiger partial charge < -0.3 is 5.73 Å². The van der Waals surface area contributed by atoms with E-state index < -0.39 is 10.1 Å². The molecular weight excluding hydrogens is 153 g/mol. The van der Waals surface area contributed by atoms with E-state index in [-0.39, 0.29) is 12.3 Å². The topological polar surface area (TPSA) is 80.4 Å². The first-order valence-electron chi connectivity index (χ1n) is 2.71. The quantitative estimate of drug-likeness (QED) is 0.405. The molecule has 0 bridgehead atoms. The van der Waals surface area contributed by atoms with E-state index in [2.05, 4.69) is 4.17 Å². The summed E-state index contributed by atoms with van der Waals surface area (Å²) < 4.78 is 29.5. The van der Waals surface area contributed by atoms with Gasteiger partial charge in [-0.1, -0.05) is 0 Å². The number of hydrogen-bond acceptors (Lipinski definition) is 3. The average Bonchev–Trinajstić information content (AvgIpc) is 1.69. The zero-order chi connectivity index (χ0) is 7.91. The van der Waals surface area contributed by atoms with Crippen LogP contribution in [0.1, 0.15) is 0 Å². The summed E-state index contributed by atoms with van der Waals surface area (Å²) in [6.45, 7) is -0.0289. The Morgan fingerprint density at radius 1 is 1.56 bits per heavy atom. The van der Waals surface area contributed by atoms with Crippen LogP contribution in [-0.4, -0.2) is 53.2 Å². The van der Waals surface area contributed by atoms with Crippen LogP contribution in [0.15, 0.2) is 0 Å². The normalized spacial score (nSPS) is 9.89. The Bertz CT molecular complexity index is 132. The van der Waals surface area contributed by atoms with Crippen LogP contribution in [0.2, 0.25) is 4.17 Å². The molecule has 9 heavy (non-hydrogen) atoms. The fraction of sp³-hybridized carbons (Fsp3) is 1.00. The van der Waals surface area contributed by atoms with Crippen molar-refractivity contribution >= 4 is 38.0 Å². The van der Waals surface area contributed by atoms with Gasteiger partial charge >= 0.3 is 32.1 Å². The van der Waals surface area contributed by atoms with Crippen LogP contribution in [0.3, 0.4) is 0 Å². The summed E-state index contributed by atoms with van der Waals surface area (Å²) in [4.78, 5) is 0. The Balaban J connectivity index is 0. The first-order chi connectivity index (χ1) is 4.06. The summed E-state index contributed by atoms with van der Waals surface area (Å²) in [7, 11) is -3.80. The Hall–Kier alpha value is 0.870. The van der Waals surface area contributed by atoms with Gasteiger partial charge in [0.25, 0.3) is 10.1 Å². The maximum atomic E-state index is 9.71. The van der Waals surface area contributed by atoms with Crippen LogP contribution in [0, 0.1) is 0 Å². The second-order valence-corrected chi connectivity index (χ2v) is 2.65. The van der Waals surface area contributed by atoms with Crippen LogP contribution in [-0.2, 0) is 10.1 Å². The molecule has 0 amide bonds. The van der Waals surface area contributed by atoms with Crippen molar-refractivity contribution in [2.45, 2.75) is 4.17 Å². The first kappa shape index (κ1) is 12.5. The molecule has 0 radical (unpaired) electrons. The molecular formula is C3H10NNaO3S. The second kappa shape index (κ2) is 6.98. The van der Waals surface area contributed by atoms with Crippen LogP contribution in [0.5, 0.6) is 0 Å². The predicted octanol–water partition coefficient (Wildman–Crippen LogP) is -0.964. The fourth-order valence-corrected chi connectivity index (χ4v) is 0.447. The molecule has 0 unspecified atom stereocenters. The molecule has 0 aliphatic heterocycles. The minimum atomic E-state index is -3.80. The minimum absolute atomic E-state index is 0.0289. The molecule has 0 spiro atoms. The van der Waals surface area contributed by atoms with Gasteiger partial charge in [0.05, 0.1) is 5.75 Å². The van der Waals surface area contributed by atoms with Crippen molar-refractivity contribution in [1.82, 2.24) is 0 Å². The van der Waals surface area contributed by atoms with Crippen LogP contribution < -0.4 is 5.73 Å². The number of rotatable bonds is 2. The van der Waals surface area contributed by atoms with Crippen molar-refractivity contribution in [3.63, 3.8) is 0 Å². The van der Waals surface area contributed by atoms with Crippen LogP contribution in [0.25, 0.3) is 0 Å². The second-order valence-electron chi connectivity index (χ2n) is 1.07. The molecule has 0 saturated heterocycles. The van der Waals surface area contributed by atoms with E-state index in [1.54, 1.807) is 0 Å². The van der Waals surface area contributed by atoms with Crippen molar-refractivity contribution in [3.05, 3.63) is 0 Å². The fourth-order valence-electron chi connectivity index (χ4n) is 0.149. The van der Waals surface area contributed by atoms with Crippen molar-refractivity contribution in [2.24, 2.45) is 5.73 Å². The third kappa shape index (κ3) is 17.7. The molecule has 0 rings (SSSR count). The van der Waals surface area contributed by atoms with E-state index in [0.29, 0.717) is 0 Å². The van der Waals surface area contributed by atoms with Crippen molar-refractivity contribution in [3.8, 4) is 0 Å². The molecule has 52 valence electrons. The van der Waals surface area contributed by atoms with Gasteiger partial charge in [-0.25, -0.2) is 0 Å². The summed E-state index contributed by atoms with van der Waals surface area (Å²) >= 11 is 1.31. The monoisotopic (exact) mass is 163 g/mol. The SMILES string of the molecule is NCCS(=O)(=O)O.[CH3][Na]. The molecule has 0 fully saturated rings. The molecule has 6 heteroatoms.